The van der Waals surface area contributed by atoms with Crippen LogP contribution >= 0.6 is 0 Å². The van der Waals surface area contributed by atoms with Crippen molar-refractivity contribution in [3.8, 4) is 5.75 Å². The lowest BCUT2D eigenvalue weighted by Crippen LogP contribution is -2.29. The third-order valence-electron chi connectivity index (χ3n) is 3.30. The van der Waals surface area contributed by atoms with Crippen LogP contribution < -0.4 is 4.74 Å². The van der Waals surface area contributed by atoms with Crippen LogP contribution in [0.4, 0.5) is 0 Å². The maximum Gasteiger partial charge on any atom is 0.306 e. The van der Waals surface area contributed by atoms with E-state index < -0.39 is 5.97 Å². The summed E-state index contributed by atoms with van der Waals surface area (Å²) in [5, 5.41) is 9.00. The summed E-state index contributed by atoms with van der Waals surface area (Å²) in [6.07, 6.45) is 3.35. The largest absolute Gasteiger partial charge is 0.490 e. The summed E-state index contributed by atoms with van der Waals surface area (Å²) in [6, 6.07) is 7.90. The lowest BCUT2D eigenvalue weighted by atomic mass is 9.87. The minimum atomic E-state index is -0.692. The molecule has 1 N–H and O–H groups in total. The summed E-state index contributed by atoms with van der Waals surface area (Å²) in [5.74, 6) is -0.0898. The summed E-state index contributed by atoms with van der Waals surface area (Å²) < 4.78 is 5.83. The Morgan fingerprint density at radius 1 is 1.29 bits per heavy atom. The number of carboxylic acids is 1. The molecule has 1 aromatic carbocycles. The summed E-state index contributed by atoms with van der Waals surface area (Å²) in [6.45, 7) is 2.03. The number of hydrogen-bond donors (Lipinski definition) is 1. The van der Waals surface area contributed by atoms with Gasteiger partial charge >= 0.3 is 5.97 Å². The summed E-state index contributed by atoms with van der Waals surface area (Å²) in [5.41, 5.74) is 1.20. The molecule has 0 saturated heterocycles. The lowest BCUT2D eigenvalue weighted by molar-refractivity contribution is -0.143. The predicted molar refractivity (Wildman–Crippen MR) is 65.2 cm³/mol. The Morgan fingerprint density at radius 3 is 2.65 bits per heavy atom. The molecule has 92 valence electrons. The number of aliphatic carboxylic acids is 1. The van der Waals surface area contributed by atoms with E-state index in [9.17, 15) is 4.79 Å². The summed E-state index contributed by atoms with van der Waals surface area (Å²) in [4.78, 5) is 10.9. The van der Waals surface area contributed by atoms with Gasteiger partial charge in [-0.2, -0.15) is 0 Å². The van der Waals surface area contributed by atoms with Crippen molar-refractivity contribution in [1.82, 2.24) is 0 Å². The number of benzene rings is 1. The highest BCUT2D eigenvalue weighted by Gasteiger charge is 2.27. The first-order valence-electron chi connectivity index (χ1n) is 6.11. The van der Waals surface area contributed by atoms with Gasteiger partial charge in [0.15, 0.2) is 0 Å². The van der Waals surface area contributed by atoms with Crippen molar-refractivity contribution in [3.63, 3.8) is 0 Å². The number of carbonyl (C=O) groups is 1. The molecule has 2 atom stereocenters. The minimum absolute atomic E-state index is 0.0487. The minimum Gasteiger partial charge on any atom is -0.490 e. The quantitative estimate of drug-likeness (QED) is 0.874. The molecule has 17 heavy (non-hydrogen) atoms. The van der Waals surface area contributed by atoms with Crippen molar-refractivity contribution in [3.05, 3.63) is 29.8 Å². The molecule has 3 nitrogen and oxygen atoms in total. The molecule has 1 aromatic rings. The normalized spacial score (nSPS) is 24.3. The molecule has 1 saturated carbocycles. The SMILES string of the molecule is Cc1ccc(O[C@@H]2CCC[C@H](C(=O)O)C2)cc1. The highest BCUT2D eigenvalue weighted by Crippen LogP contribution is 2.28. The smallest absolute Gasteiger partial charge is 0.306 e. The van der Waals surface area contributed by atoms with Crippen LogP contribution in [0.1, 0.15) is 31.2 Å². The van der Waals surface area contributed by atoms with Crippen molar-refractivity contribution >= 4 is 5.97 Å². The number of ether oxygens (including phenoxy) is 1. The average molecular weight is 234 g/mol. The van der Waals surface area contributed by atoms with Crippen molar-refractivity contribution in [1.29, 1.82) is 0 Å². The molecule has 0 heterocycles. The topological polar surface area (TPSA) is 46.5 Å². The van der Waals surface area contributed by atoms with Crippen LogP contribution in [-0.2, 0) is 4.79 Å². The van der Waals surface area contributed by atoms with Crippen LogP contribution in [0.5, 0.6) is 5.75 Å². The molecule has 0 bridgehead atoms. The van der Waals surface area contributed by atoms with E-state index in [0.29, 0.717) is 6.42 Å². The van der Waals surface area contributed by atoms with Crippen LogP contribution in [0.25, 0.3) is 0 Å². The molecule has 1 aliphatic rings. The Morgan fingerprint density at radius 2 is 2.00 bits per heavy atom. The Balaban J connectivity index is 1.94. The zero-order chi connectivity index (χ0) is 12.3. The van der Waals surface area contributed by atoms with Crippen molar-refractivity contribution in [2.45, 2.75) is 38.7 Å². The molecule has 1 aliphatic carbocycles. The van der Waals surface area contributed by atoms with Gasteiger partial charge in [-0.15, -0.1) is 0 Å². The molecule has 3 heteroatoms. The van der Waals surface area contributed by atoms with Crippen LogP contribution in [-0.4, -0.2) is 17.2 Å². The zero-order valence-electron chi connectivity index (χ0n) is 10.1. The first kappa shape index (κ1) is 12.0. The van der Waals surface area contributed by atoms with Crippen LogP contribution in [0.2, 0.25) is 0 Å². The van der Waals surface area contributed by atoms with E-state index in [4.69, 9.17) is 9.84 Å². The van der Waals surface area contributed by atoms with E-state index in [1.165, 1.54) is 5.56 Å². The average Bonchev–Trinajstić information content (AvgIpc) is 2.32. The second-order valence-corrected chi connectivity index (χ2v) is 4.75. The van der Waals surface area contributed by atoms with Gasteiger partial charge in [-0.3, -0.25) is 4.79 Å². The van der Waals surface area contributed by atoms with Gasteiger partial charge in [0, 0.05) is 0 Å². The second kappa shape index (κ2) is 5.21. The fourth-order valence-electron chi connectivity index (χ4n) is 2.29. The first-order chi connectivity index (χ1) is 8.15. The van der Waals surface area contributed by atoms with Gasteiger partial charge in [0.25, 0.3) is 0 Å². The standard InChI is InChI=1S/C14H18O3/c1-10-5-7-12(8-6-10)17-13-4-2-3-11(9-13)14(15)16/h5-8,11,13H,2-4,9H2,1H3,(H,15,16)/t11-,13+/m0/s1. The van der Waals surface area contributed by atoms with Crippen LogP contribution in [0.15, 0.2) is 24.3 Å². The Kier molecular flexibility index (Phi) is 3.67. The third kappa shape index (κ3) is 3.22. The third-order valence-corrected chi connectivity index (χ3v) is 3.30. The van der Waals surface area contributed by atoms with E-state index in [2.05, 4.69) is 0 Å². The van der Waals surface area contributed by atoms with E-state index in [0.717, 1.165) is 25.0 Å². The lowest BCUT2D eigenvalue weighted by Gasteiger charge is -2.27. The van der Waals surface area contributed by atoms with Gasteiger partial charge in [0.1, 0.15) is 5.75 Å². The van der Waals surface area contributed by atoms with E-state index in [1.54, 1.807) is 0 Å². The van der Waals surface area contributed by atoms with Crippen molar-refractivity contribution < 1.29 is 14.6 Å². The molecule has 1 fully saturated rings. The Hall–Kier alpha value is -1.51. The number of carboxylic acid groups (broad SMARTS) is 1. The fraction of sp³-hybridized carbons (Fsp3) is 0.500. The molecule has 0 spiro atoms. The van der Waals surface area contributed by atoms with Gasteiger partial charge in [0.2, 0.25) is 0 Å². The van der Waals surface area contributed by atoms with E-state index >= 15 is 0 Å². The molecule has 0 amide bonds. The van der Waals surface area contributed by atoms with Crippen molar-refractivity contribution in [2.24, 2.45) is 5.92 Å². The van der Waals surface area contributed by atoms with E-state index in [-0.39, 0.29) is 12.0 Å². The molecule has 0 aliphatic heterocycles. The zero-order valence-corrected chi connectivity index (χ0v) is 10.1. The molecular formula is C14H18O3. The first-order valence-corrected chi connectivity index (χ1v) is 6.11. The molecule has 2 rings (SSSR count). The molecule has 0 radical (unpaired) electrons. The van der Waals surface area contributed by atoms with E-state index in [1.807, 2.05) is 31.2 Å². The Bertz CT molecular complexity index is 383. The maximum absolute atomic E-state index is 10.9. The number of hydrogen-bond acceptors (Lipinski definition) is 2. The summed E-state index contributed by atoms with van der Waals surface area (Å²) >= 11 is 0. The fourth-order valence-corrected chi connectivity index (χ4v) is 2.29. The van der Waals surface area contributed by atoms with Gasteiger partial charge in [-0.05, 0) is 44.7 Å². The molecule has 0 unspecified atom stereocenters. The molecular weight excluding hydrogens is 216 g/mol. The predicted octanol–water partition coefficient (Wildman–Crippen LogP) is 3.02. The number of aryl methyl sites for hydroxylation is 1. The van der Waals surface area contributed by atoms with Crippen LogP contribution in [0, 0.1) is 12.8 Å². The van der Waals surface area contributed by atoms with Gasteiger partial charge < -0.3 is 9.84 Å². The highest BCUT2D eigenvalue weighted by atomic mass is 16.5. The van der Waals surface area contributed by atoms with Crippen molar-refractivity contribution in [2.75, 3.05) is 0 Å². The maximum atomic E-state index is 10.9. The van der Waals surface area contributed by atoms with Gasteiger partial charge in [-0.1, -0.05) is 17.7 Å². The summed E-state index contributed by atoms with van der Waals surface area (Å²) in [7, 11) is 0. The van der Waals surface area contributed by atoms with Gasteiger partial charge in [0.05, 0.1) is 12.0 Å². The highest BCUT2D eigenvalue weighted by molar-refractivity contribution is 5.70. The molecule has 0 aromatic heterocycles. The number of rotatable bonds is 3. The van der Waals surface area contributed by atoms with Gasteiger partial charge in [-0.25, -0.2) is 0 Å². The monoisotopic (exact) mass is 234 g/mol. The van der Waals surface area contributed by atoms with Crippen LogP contribution in [0.3, 0.4) is 0 Å². The second-order valence-electron chi connectivity index (χ2n) is 4.75. The Labute approximate surface area is 101 Å².